The van der Waals surface area contributed by atoms with Crippen molar-refractivity contribution < 1.29 is 23.1 Å². The van der Waals surface area contributed by atoms with Gasteiger partial charge in [0.1, 0.15) is 0 Å². The first kappa shape index (κ1) is 17.3. The molecule has 1 atom stereocenters. The Morgan fingerprint density at radius 3 is 2.33 bits per heavy atom. The SMILES string of the molecule is CCC(CCNc1ccc(C(F)(F)F)cc1)CCC(=O)O. The largest absolute Gasteiger partial charge is 0.481 e. The van der Waals surface area contributed by atoms with Gasteiger partial charge in [0.2, 0.25) is 0 Å². The molecule has 2 N–H and O–H groups in total. The lowest BCUT2D eigenvalue weighted by atomic mass is 9.96. The second-order valence-electron chi connectivity index (χ2n) is 5.00. The maximum Gasteiger partial charge on any atom is 0.416 e. The van der Waals surface area contributed by atoms with E-state index in [0.29, 0.717) is 24.6 Å². The van der Waals surface area contributed by atoms with Gasteiger partial charge in [0.25, 0.3) is 0 Å². The third kappa shape index (κ3) is 6.51. The highest BCUT2D eigenvalue weighted by atomic mass is 19.4. The average molecular weight is 303 g/mol. The number of nitrogens with one attached hydrogen (secondary N) is 1. The molecule has 0 saturated heterocycles. The van der Waals surface area contributed by atoms with Gasteiger partial charge in [-0.25, -0.2) is 0 Å². The normalized spacial score (nSPS) is 13.0. The lowest BCUT2D eigenvalue weighted by Gasteiger charge is -2.15. The predicted octanol–water partition coefficient (Wildman–Crippen LogP) is 4.40. The summed E-state index contributed by atoms with van der Waals surface area (Å²) in [6.07, 6.45) is -1.85. The Labute approximate surface area is 122 Å². The molecule has 21 heavy (non-hydrogen) atoms. The first-order chi connectivity index (χ1) is 9.82. The second kappa shape index (κ2) is 7.90. The minimum atomic E-state index is -4.32. The van der Waals surface area contributed by atoms with Crippen LogP contribution in [0.4, 0.5) is 18.9 Å². The first-order valence-electron chi connectivity index (χ1n) is 6.96. The summed E-state index contributed by atoms with van der Waals surface area (Å²) in [5, 5.41) is 11.7. The lowest BCUT2D eigenvalue weighted by Crippen LogP contribution is -2.11. The van der Waals surface area contributed by atoms with Crippen molar-refractivity contribution in [1.82, 2.24) is 0 Å². The third-order valence-electron chi connectivity index (χ3n) is 3.44. The van der Waals surface area contributed by atoms with Crippen molar-refractivity contribution in [3.05, 3.63) is 29.8 Å². The zero-order valence-electron chi connectivity index (χ0n) is 11.9. The van der Waals surface area contributed by atoms with E-state index in [9.17, 15) is 18.0 Å². The molecule has 0 fully saturated rings. The van der Waals surface area contributed by atoms with Crippen molar-refractivity contribution in [2.24, 2.45) is 5.92 Å². The van der Waals surface area contributed by atoms with E-state index in [4.69, 9.17) is 5.11 Å². The summed E-state index contributed by atoms with van der Waals surface area (Å²) in [6, 6.07) is 4.90. The molecule has 3 nitrogen and oxygen atoms in total. The fraction of sp³-hybridized carbons (Fsp3) is 0.533. The van der Waals surface area contributed by atoms with Crippen LogP contribution in [0.2, 0.25) is 0 Å². The van der Waals surface area contributed by atoms with Crippen molar-refractivity contribution >= 4 is 11.7 Å². The molecular formula is C15H20F3NO2. The fourth-order valence-electron chi connectivity index (χ4n) is 2.08. The van der Waals surface area contributed by atoms with Crippen LogP contribution in [-0.2, 0) is 11.0 Å². The van der Waals surface area contributed by atoms with Crippen molar-refractivity contribution in [1.29, 1.82) is 0 Å². The van der Waals surface area contributed by atoms with Crippen molar-refractivity contribution in [3.8, 4) is 0 Å². The van der Waals surface area contributed by atoms with Crippen LogP contribution in [0.5, 0.6) is 0 Å². The minimum absolute atomic E-state index is 0.152. The molecule has 0 heterocycles. The molecule has 0 radical (unpaired) electrons. The van der Waals surface area contributed by atoms with Crippen LogP contribution in [0.15, 0.2) is 24.3 Å². The summed E-state index contributed by atoms with van der Waals surface area (Å²) in [6.45, 7) is 2.62. The highest BCUT2D eigenvalue weighted by Crippen LogP contribution is 2.29. The molecule has 0 aromatic heterocycles. The van der Waals surface area contributed by atoms with Gasteiger partial charge in [0.15, 0.2) is 0 Å². The Hall–Kier alpha value is -1.72. The molecule has 0 aliphatic heterocycles. The number of hydrogen-bond acceptors (Lipinski definition) is 2. The van der Waals surface area contributed by atoms with E-state index in [1.54, 1.807) is 0 Å². The summed E-state index contributed by atoms with van der Waals surface area (Å²) in [5.74, 6) is -0.493. The standard InChI is InChI=1S/C15H20F3NO2/c1-2-11(3-8-14(20)21)9-10-19-13-6-4-12(5-7-13)15(16,17)18/h4-7,11,19H,2-3,8-10H2,1H3,(H,20,21). The van der Waals surface area contributed by atoms with Crippen LogP contribution in [0.25, 0.3) is 0 Å². The molecule has 0 saturated carbocycles. The Kier molecular flexibility index (Phi) is 6.52. The van der Waals surface area contributed by atoms with E-state index in [0.717, 1.165) is 25.0 Å². The van der Waals surface area contributed by atoms with E-state index in [1.807, 2.05) is 6.92 Å². The van der Waals surface area contributed by atoms with Gasteiger partial charge in [0.05, 0.1) is 5.56 Å². The molecule has 1 rings (SSSR count). The number of halogens is 3. The Morgan fingerprint density at radius 1 is 1.24 bits per heavy atom. The van der Waals surface area contributed by atoms with Crippen molar-refractivity contribution in [2.75, 3.05) is 11.9 Å². The number of aliphatic carboxylic acids is 1. The summed E-state index contributed by atoms with van der Waals surface area (Å²) in [4.78, 5) is 10.5. The lowest BCUT2D eigenvalue weighted by molar-refractivity contribution is -0.138. The van der Waals surface area contributed by atoms with E-state index in [1.165, 1.54) is 12.1 Å². The Balaban J connectivity index is 2.39. The zero-order valence-corrected chi connectivity index (χ0v) is 11.9. The zero-order chi connectivity index (χ0) is 15.9. The summed E-state index contributed by atoms with van der Waals surface area (Å²) in [5.41, 5.74) is -0.0305. The number of alkyl halides is 3. The number of carbonyl (C=O) groups is 1. The maximum atomic E-state index is 12.4. The van der Waals surface area contributed by atoms with Gasteiger partial charge in [-0.1, -0.05) is 13.3 Å². The van der Waals surface area contributed by atoms with Gasteiger partial charge < -0.3 is 10.4 Å². The van der Waals surface area contributed by atoms with Crippen LogP contribution < -0.4 is 5.32 Å². The van der Waals surface area contributed by atoms with Gasteiger partial charge >= 0.3 is 12.1 Å². The monoisotopic (exact) mass is 303 g/mol. The third-order valence-corrected chi connectivity index (χ3v) is 3.44. The first-order valence-corrected chi connectivity index (χ1v) is 6.96. The fourth-order valence-corrected chi connectivity index (χ4v) is 2.08. The average Bonchev–Trinajstić information content (AvgIpc) is 2.42. The van der Waals surface area contributed by atoms with E-state index in [-0.39, 0.29) is 6.42 Å². The summed E-state index contributed by atoms with van der Waals surface area (Å²) < 4.78 is 37.2. The van der Waals surface area contributed by atoms with Crippen molar-refractivity contribution in [2.45, 2.75) is 38.8 Å². The molecule has 1 unspecified atom stereocenters. The van der Waals surface area contributed by atoms with Gasteiger partial charge in [0, 0.05) is 18.7 Å². The van der Waals surface area contributed by atoms with Crippen LogP contribution in [0, 0.1) is 5.92 Å². The number of carboxylic acid groups (broad SMARTS) is 1. The van der Waals surface area contributed by atoms with E-state index >= 15 is 0 Å². The minimum Gasteiger partial charge on any atom is -0.481 e. The van der Waals surface area contributed by atoms with Crippen LogP contribution in [0.3, 0.4) is 0 Å². The summed E-state index contributed by atoms with van der Waals surface area (Å²) in [7, 11) is 0. The molecular weight excluding hydrogens is 283 g/mol. The number of benzene rings is 1. The molecule has 0 aliphatic carbocycles. The van der Waals surface area contributed by atoms with E-state index in [2.05, 4.69) is 5.32 Å². The molecule has 1 aromatic rings. The van der Waals surface area contributed by atoms with Gasteiger partial charge in [-0.05, 0) is 43.0 Å². The molecule has 118 valence electrons. The number of hydrogen-bond donors (Lipinski definition) is 2. The molecule has 0 aliphatic rings. The van der Waals surface area contributed by atoms with Gasteiger partial charge in [-0.3, -0.25) is 4.79 Å². The molecule has 1 aromatic carbocycles. The van der Waals surface area contributed by atoms with Gasteiger partial charge in [-0.2, -0.15) is 13.2 Å². The highest BCUT2D eigenvalue weighted by molar-refractivity contribution is 5.66. The topological polar surface area (TPSA) is 49.3 Å². The molecule has 6 heteroatoms. The van der Waals surface area contributed by atoms with Crippen LogP contribution >= 0.6 is 0 Å². The highest BCUT2D eigenvalue weighted by Gasteiger charge is 2.29. The second-order valence-corrected chi connectivity index (χ2v) is 5.00. The maximum absolute atomic E-state index is 12.4. The number of rotatable bonds is 8. The van der Waals surface area contributed by atoms with Crippen LogP contribution in [-0.4, -0.2) is 17.6 Å². The van der Waals surface area contributed by atoms with Gasteiger partial charge in [-0.15, -0.1) is 0 Å². The molecule has 0 amide bonds. The molecule has 0 spiro atoms. The molecule has 0 bridgehead atoms. The number of anilines is 1. The van der Waals surface area contributed by atoms with Crippen LogP contribution in [0.1, 0.15) is 38.2 Å². The smallest absolute Gasteiger partial charge is 0.416 e. The van der Waals surface area contributed by atoms with Crippen molar-refractivity contribution in [3.63, 3.8) is 0 Å². The Morgan fingerprint density at radius 2 is 1.86 bits per heavy atom. The predicted molar refractivity (Wildman–Crippen MR) is 75.2 cm³/mol. The quantitative estimate of drug-likeness (QED) is 0.748. The van der Waals surface area contributed by atoms with E-state index < -0.39 is 17.7 Å². The number of carboxylic acids is 1. The Bertz CT molecular complexity index is 443. The summed E-state index contributed by atoms with van der Waals surface area (Å²) >= 11 is 0.